The summed E-state index contributed by atoms with van der Waals surface area (Å²) in [6, 6.07) is 0. The molecule has 0 aromatic rings. The molecular weight excluding hydrogens is 293 g/mol. The zero-order chi connectivity index (χ0) is 10.9. The van der Waals surface area contributed by atoms with Crippen LogP contribution in [-0.4, -0.2) is 62.2 Å². The Bertz CT molecular complexity index is 277. The molecule has 10 nitrogen and oxygen atoms in total. The first-order valence-corrected chi connectivity index (χ1v) is 6.83. The van der Waals surface area contributed by atoms with E-state index in [1.165, 1.54) is 0 Å². The van der Waals surface area contributed by atoms with Crippen LogP contribution in [0.5, 0.6) is 0 Å². The third kappa shape index (κ3) is 11.7. The van der Waals surface area contributed by atoms with Gasteiger partial charge in [-0.25, -0.2) is 13.7 Å². The molecule has 0 saturated heterocycles. The standard InChI is InChI=1S/Ca.H5O10P3.2H/c;1-11(2,3)9-13(7,8)10-12(4,5)6;;/h;(H,7,8)(H2,1,2,3)(H2,4,5,6);;. The number of hydrogen-bond acceptors (Lipinski definition) is 5. The summed E-state index contributed by atoms with van der Waals surface area (Å²) in [5.41, 5.74) is 0. The van der Waals surface area contributed by atoms with E-state index >= 15 is 0 Å². The first-order chi connectivity index (χ1) is 5.41. The van der Waals surface area contributed by atoms with E-state index in [-0.39, 0.29) is 37.7 Å². The molecule has 0 heterocycles. The molecule has 0 aliphatic rings. The van der Waals surface area contributed by atoms with Gasteiger partial charge in [0.15, 0.2) is 0 Å². The van der Waals surface area contributed by atoms with Crippen molar-refractivity contribution in [3.8, 4) is 0 Å². The Hall–Kier alpha value is 1.67. The summed E-state index contributed by atoms with van der Waals surface area (Å²) >= 11 is 0. The summed E-state index contributed by atoms with van der Waals surface area (Å²) < 4.78 is 36.4. The number of phosphoric acid groups is 3. The molecule has 0 aromatic carbocycles. The maximum absolute atomic E-state index is 10.4. The van der Waals surface area contributed by atoms with Gasteiger partial charge in [-0.3, -0.25) is 0 Å². The van der Waals surface area contributed by atoms with Crippen LogP contribution in [0.3, 0.4) is 0 Å². The summed E-state index contributed by atoms with van der Waals surface area (Å²) in [7, 11) is -16.2. The van der Waals surface area contributed by atoms with Gasteiger partial charge in [0.2, 0.25) is 0 Å². The van der Waals surface area contributed by atoms with E-state index in [2.05, 4.69) is 8.62 Å². The van der Waals surface area contributed by atoms with Crippen molar-refractivity contribution in [2.24, 2.45) is 0 Å². The third-order valence-electron chi connectivity index (χ3n) is 0.419. The first kappa shape index (κ1) is 18.0. The van der Waals surface area contributed by atoms with Crippen LogP contribution in [0.15, 0.2) is 0 Å². The molecule has 0 atom stereocenters. The molecule has 0 radical (unpaired) electrons. The van der Waals surface area contributed by atoms with Crippen molar-refractivity contribution in [3.05, 3.63) is 0 Å². The Morgan fingerprint density at radius 3 is 1.07 bits per heavy atom. The molecule has 0 bridgehead atoms. The number of rotatable bonds is 4. The van der Waals surface area contributed by atoms with Gasteiger partial charge in [-0.05, 0) is 0 Å². The molecule has 0 spiro atoms. The van der Waals surface area contributed by atoms with E-state index in [4.69, 9.17) is 24.5 Å². The minimum atomic E-state index is -5.46. The summed E-state index contributed by atoms with van der Waals surface area (Å²) in [6.45, 7) is 0. The van der Waals surface area contributed by atoms with Gasteiger partial charge in [0.1, 0.15) is 0 Å². The van der Waals surface area contributed by atoms with E-state index in [0.29, 0.717) is 0 Å². The van der Waals surface area contributed by atoms with Gasteiger partial charge in [-0.1, -0.05) is 0 Å². The van der Waals surface area contributed by atoms with E-state index in [0.717, 1.165) is 0 Å². The number of hydrogen-bond donors (Lipinski definition) is 5. The summed E-state index contributed by atoms with van der Waals surface area (Å²) in [5, 5.41) is 0. The SMILES string of the molecule is O=P(O)(O)OP(=O)(O)OP(=O)(O)O.[CaH2]. The fraction of sp³-hybridized carbons (Fsp3) is 0. The molecule has 0 rings (SSSR count). The Balaban J connectivity index is 0. The topological polar surface area (TPSA) is 171 Å². The average Bonchev–Trinajstić information content (AvgIpc) is 1.43. The quantitative estimate of drug-likeness (QED) is 0.300. The van der Waals surface area contributed by atoms with Crippen LogP contribution < -0.4 is 0 Å². The zero-order valence-corrected chi connectivity index (χ0v) is 8.30. The van der Waals surface area contributed by atoms with Crippen molar-refractivity contribution in [2.75, 3.05) is 0 Å². The zero-order valence-electron chi connectivity index (χ0n) is 5.62. The predicted octanol–water partition coefficient (Wildman–Crippen LogP) is -1.61. The fourth-order valence-corrected chi connectivity index (χ4v) is 2.82. The van der Waals surface area contributed by atoms with Crippen molar-refractivity contribution in [1.82, 2.24) is 0 Å². The van der Waals surface area contributed by atoms with Crippen molar-refractivity contribution >= 4 is 61.2 Å². The molecule has 0 aliphatic heterocycles. The molecule has 0 fully saturated rings. The first-order valence-electron chi connectivity index (χ1n) is 2.28. The second-order valence-electron chi connectivity index (χ2n) is 1.61. The van der Waals surface area contributed by atoms with Crippen LogP contribution in [0.4, 0.5) is 0 Å². The second-order valence-corrected chi connectivity index (χ2v) is 5.82. The van der Waals surface area contributed by atoms with Crippen molar-refractivity contribution in [3.63, 3.8) is 0 Å². The molecule has 0 amide bonds. The molecule has 84 valence electrons. The normalized spacial score (nSPS) is 13.5. The molecule has 5 N–H and O–H groups in total. The summed E-state index contributed by atoms with van der Waals surface area (Å²) in [5.74, 6) is 0. The summed E-state index contributed by atoms with van der Waals surface area (Å²) in [4.78, 5) is 40.2. The van der Waals surface area contributed by atoms with Crippen LogP contribution in [0, 0.1) is 0 Å². The molecule has 0 aromatic heterocycles. The third-order valence-corrected chi connectivity index (χ3v) is 3.77. The fourth-order valence-electron chi connectivity index (χ4n) is 0.284. The van der Waals surface area contributed by atoms with E-state index < -0.39 is 23.5 Å². The van der Waals surface area contributed by atoms with Gasteiger partial charge in [-0.15, -0.1) is 0 Å². The molecule has 14 heavy (non-hydrogen) atoms. The monoisotopic (exact) mass is 300 g/mol. The Morgan fingerprint density at radius 2 is 0.929 bits per heavy atom. The molecular formula is H7CaO10P3. The van der Waals surface area contributed by atoms with Gasteiger partial charge in [-0.2, -0.15) is 8.62 Å². The van der Waals surface area contributed by atoms with Gasteiger partial charge < -0.3 is 24.5 Å². The molecule has 0 unspecified atom stereocenters. The second kappa shape index (κ2) is 5.84. The van der Waals surface area contributed by atoms with Gasteiger partial charge in [0.25, 0.3) is 0 Å². The van der Waals surface area contributed by atoms with Crippen molar-refractivity contribution in [2.45, 2.75) is 0 Å². The van der Waals surface area contributed by atoms with E-state index in [1.807, 2.05) is 0 Å². The van der Waals surface area contributed by atoms with Crippen molar-refractivity contribution in [1.29, 1.82) is 0 Å². The molecule has 0 aliphatic carbocycles. The summed E-state index contributed by atoms with van der Waals surface area (Å²) in [6.07, 6.45) is 0. The van der Waals surface area contributed by atoms with Gasteiger partial charge in [0, 0.05) is 0 Å². The van der Waals surface area contributed by atoms with Crippen molar-refractivity contribution < 1.29 is 46.8 Å². The van der Waals surface area contributed by atoms with Gasteiger partial charge in [0.05, 0.1) is 0 Å². The van der Waals surface area contributed by atoms with Crippen LogP contribution in [0.1, 0.15) is 0 Å². The minimum absolute atomic E-state index is 0. The van der Waals surface area contributed by atoms with Crippen LogP contribution in [0.2, 0.25) is 0 Å². The molecule has 0 saturated carbocycles. The van der Waals surface area contributed by atoms with Gasteiger partial charge >= 0.3 is 61.2 Å². The average molecular weight is 300 g/mol. The van der Waals surface area contributed by atoms with E-state index in [9.17, 15) is 13.7 Å². The Labute approximate surface area is 107 Å². The Morgan fingerprint density at radius 1 is 0.714 bits per heavy atom. The van der Waals surface area contributed by atoms with E-state index in [1.54, 1.807) is 0 Å². The van der Waals surface area contributed by atoms with Crippen LogP contribution in [0.25, 0.3) is 0 Å². The molecule has 14 heteroatoms. The van der Waals surface area contributed by atoms with Crippen LogP contribution in [-0.2, 0) is 22.3 Å². The predicted molar refractivity (Wildman–Crippen MR) is 44.6 cm³/mol. The Kier molecular flexibility index (Phi) is 7.52. The maximum atomic E-state index is 10.4. The van der Waals surface area contributed by atoms with Crippen LogP contribution >= 0.6 is 23.5 Å².